The zero-order valence-corrected chi connectivity index (χ0v) is 8.14. The Kier molecular flexibility index (Phi) is 2.40. The molecule has 70 valence electrons. The van der Waals surface area contributed by atoms with Crippen LogP contribution in [-0.4, -0.2) is 13.2 Å². The Morgan fingerprint density at radius 1 is 1.00 bits per heavy atom. The minimum absolute atomic E-state index is 0.591. The van der Waals surface area contributed by atoms with Gasteiger partial charge in [0.05, 0.1) is 6.10 Å². The summed E-state index contributed by atoms with van der Waals surface area (Å²) in [6.45, 7) is 0. The molecule has 0 aliphatic heterocycles. The fourth-order valence-corrected chi connectivity index (χ4v) is 3.29. The van der Waals surface area contributed by atoms with Crippen LogP contribution in [0.5, 0.6) is 0 Å². The summed E-state index contributed by atoms with van der Waals surface area (Å²) < 4.78 is 5.63. The summed E-state index contributed by atoms with van der Waals surface area (Å²) in [7, 11) is 1.90. The van der Waals surface area contributed by atoms with E-state index in [0.717, 1.165) is 0 Å². The van der Waals surface area contributed by atoms with E-state index in [0.29, 0.717) is 11.5 Å². The summed E-state index contributed by atoms with van der Waals surface area (Å²) >= 11 is 0. The van der Waals surface area contributed by atoms with E-state index in [1.165, 1.54) is 51.4 Å². The van der Waals surface area contributed by atoms with Gasteiger partial charge >= 0.3 is 0 Å². The molecule has 2 aliphatic rings. The van der Waals surface area contributed by atoms with Crippen molar-refractivity contribution in [2.45, 2.75) is 57.5 Å². The maximum atomic E-state index is 5.63. The molecule has 0 saturated heterocycles. The maximum Gasteiger partial charge on any atom is 0.0627 e. The molecule has 1 heteroatoms. The standard InChI is InChI=1S/C11H20O/c1-12-10-6-2-3-7-11(10)8-4-5-9-11/h10H,2-9H2,1H3. The van der Waals surface area contributed by atoms with Crippen LogP contribution in [0.15, 0.2) is 0 Å². The highest BCUT2D eigenvalue weighted by atomic mass is 16.5. The van der Waals surface area contributed by atoms with Crippen LogP contribution in [0.3, 0.4) is 0 Å². The highest BCUT2D eigenvalue weighted by molar-refractivity contribution is 4.93. The van der Waals surface area contributed by atoms with Gasteiger partial charge < -0.3 is 4.74 Å². The molecule has 2 saturated carbocycles. The first-order chi connectivity index (χ1) is 5.87. The lowest BCUT2D eigenvalue weighted by atomic mass is 9.70. The first-order valence-electron chi connectivity index (χ1n) is 5.40. The van der Waals surface area contributed by atoms with Crippen molar-refractivity contribution >= 4 is 0 Å². The van der Waals surface area contributed by atoms with Gasteiger partial charge in [0.25, 0.3) is 0 Å². The Bertz CT molecular complexity index is 147. The molecular weight excluding hydrogens is 148 g/mol. The number of ether oxygens (including phenoxy) is 1. The van der Waals surface area contributed by atoms with Gasteiger partial charge in [-0.15, -0.1) is 0 Å². The molecule has 0 aromatic rings. The number of rotatable bonds is 1. The van der Waals surface area contributed by atoms with Crippen LogP contribution in [0.1, 0.15) is 51.4 Å². The van der Waals surface area contributed by atoms with Crippen molar-refractivity contribution in [2.75, 3.05) is 7.11 Å². The molecule has 0 aromatic carbocycles. The Morgan fingerprint density at radius 2 is 1.58 bits per heavy atom. The first-order valence-corrected chi connectivity index (χ1v) is 5.40. The van der Waals surface area contributed by atoms with Crippen molar-refractivity contribution in [2.24, 2.45) is 5.41 Å². The molecule has 0 N–H and O–H groups in total. The average molecular weight is 168 g/mol. The maximum absolute atomic E-state index is 5.63. The highest BCUT2D eigenvalue weighted by Crippen LogP contribution is 2.49. The number of hydrogen-bond donors (Lipinski definition) is 0. The lowest BCUT2D eigenvalue weighted by Gasteiger charge is -2.40. The van der Waals surface area contributed by atoms with Crippen molar-refractivity contribution in [3.63, 3.8) is 0 Å². The van der Waals surface area contributed by atoms with E-state index in [1.54, 1.807) is 0 Å². The molecule has 2 fully saturated rings. The van der Waals surface area contributed by atoms with Crippen LogP contribution in [0.4, 0.5) is 0 Å². The Labute approximate surface area is 75.5 Å². The van der Waals surface area contributed by atoms with Crippen molar-refractivity contribution in [3.05, 3.63) is 0 Å². The molecule has 0 heterocycles. The second-order valence-electron chi connectivity index (χ2n) is 4.54. The lowest BCUT2D eigenvalue weighted by Crippen LogP contribution is -2.37. The smallest absolute Gasteiger partial charge is 0.0627 e. The SMILES string of the molecule is COC1CCCCC12CCCC2. The van der Waals surface area contributed by atoms with E-state index in [4.69, 9.17) is 4.74 Å². The van der Waals surface area contributed by atoms with Gasteiger partial charge in [0.15, 0.2) is 0 Å². The van der Waals surface area contributed by atoms with Gasteiger partial charge in [-0.1, -0.05) is 25.7 Å². The van der Waals surface area contributed by atoms with Crippen LogP contribution in [0, 0.1) is 5.41 Å². The van der Waals surface area contributed by atoms with E-state index in [-0.39, 0.29) is 0 Å². The minimum Gasteiger partial charge on any atom is -0.381 e. The first kappa shape index (κ1) is 8.55. The van der Waals surface area contributed by atoms with E-state index >= 15 is 0 Å². The normalized spacial score (nSPS) is 34.2. The van der Waals surface area contributed by atoms with Crippen molar-refractivity contribution in [3.8, 4) is 0 Å². The van der Waals surface area contributed by atoms with Crippen LogP contribution in [0.2, 0.25) is 0 Å². The Balaban J connectivity index is 2.07. The minimum atomic E-state index is 0.591. The van der Waals surface area contributed by atoms with E-state index in [1.807, 2.05) is 7.11 Å². The van der Waals surface area contributed by atoms with Crippen LogP contribution >= 0.6 is 0 Å². The zero-order valence-electron chi connectivity index (χ0n) is 8.14. The van der Waals surface area contributed by atoms with E-state index in [9.17, 15) is 0 Å². The fourth-order valence-electron chi connectivity index (χ4n) is 3.29. The molecule has 1 atom stereocenters. The summed E-state index contributed by atoms with van der Waals surface area (Å²) in [5, 5.41) is 0. The van der Waals surface area contributed by atoms with Crippen LogP contribution in [-0.2, 0) is 4.74 Å². The van der Waals surface area contributed by atoms with Crippen molar-refractivity contribution < 1.29 is 4.74 Å². The highest BCUT2D eigenvalue weighted by Gasteiger charge is 2.42. The van der Waals surface area contributed by atoms with Gasteiger partial charge in [0, 0.05) is 7.11 Å². The van der Waals surface area contributed by atoms with Crippen molar-refractivity contribution in [1.29, 1.82) is 0 Å². The molecule has 1 nitrogen and oxygen atoms in total. The second kappa shape index (κ2) is 3.37. The van der Waals surface area contributed by atoms with Crippen LogP contribution in [0.25, 0.3) is 0 Å². The third-order valence-electron chi connectivity index (χ3n) is 3.96. The Hall–Kier alpha value is -0.0400. The molecule has 1 unspecified atom stereocenters. The summed E-state index contributed by atoms with van der Waals surface area (Å²) in [4.78, 5) is 0. The molecule has 0 amide bonds. The Morgan fingerprint density at radius 3 is 2.17 bits per heavy atom. The third-order valence-corrected chi connectivity index (χ3v) is 3.96. The molecule has 2 aliphatic carbocycles. The van der Waals surface area contributed by atoms with Crippen LogP contribution < -0.4 is 0 Å². The lowest BCUT2D eigenvalue weighted by molar-refractivity contribution is -0.0396. The molecule has 0 aromatic heterocycles. The summed E-state index contributed by atoms with van der Waals surface area (Å²) in [5.74, 6) is 0. The molecule has 0 radical (unpaired) electrons. The van der Waals surface area contributed by atoms with Crippen molar-refractivity contribution in [1.82, 2.24) is 0 Å². The molecular formula is C11H20O. The molecule has 0 bridgehead atoms. The number of hydrogen-bond acceptors (Lipinski definition) is 1. The van der Waals surface area contributed by atoms with Gasteiger partial charge in [-0.25, -0.2) is 0 Å². The zero-order chi connectivity index (χ0) is 8.44. The predicted octanol–water partition coefficient (Wildman–Crippen LogP) is 3.14. The predicted molar refractivity (Wildman–Crippen MR) is 50.2 cm³/mol. The van der Waals surface area contributed by atoms with E-state index in [2.05, 4.69) is 0 Å². The second-order valence-corrected chi connectivity index (χ2v) is 4.54. The monoisotopic (exact) mass is 168 g/mol. The average Bonchev–Trinajstić information content (AvgIpc) is 2.55. The van der Waals surface area contributed by atoms with Gasteiger partial charge in [0.2, 0.25) is 0 Å². The molecule has 12 heavy (non-hydrogen) atoms. The van der Waals surface area contributed by atoms with Gasteiger partial charge in [0.1, 0.15) is 0 Å². The topological polar surface area (TPSA) is 9.23 Å². The summed E-state index contributed by atoms with van der Waals surface area (Å²) in [6.07, 6.45) is 11.9. The summed E-state index contributed by atoms with van der Waals surface area (Å²) in [5.41, 5.74) is 0.618. The molecule has 2 rings (SSSR count). The number of methoxy groups -OCH3 is 1. The quantitative estimate of drug-likeness (QED) is 0.584. The fraction of sp³-hybridized carbons (Fsp3) is 1.00. The third kappa shape index (κ3) is 1.28. The van der Waals surface area contributed by atoms with Gasteiger partial charge in [-0.05, 0) is 31.1 Å². The summed E-state index contributed by atoms with van der Waals surface area (Å²) in [6, 6.07) is 0. The van der Waals surface area contributed by atoms with Gasteiger partial charge in [-0.2, -0.15) is 0 Å². The largest absolute Gasteiger partial charge is 0.381 e. The molecule has 1 spiro atoms. The van der Waals surface area contributed by atoms with E-state index < -0.39 is 0 Å². The van der Waals surface area contributed by atoms with Gasteiger partial charge in [-0.3, -0.25) is 0 Å².